The Bertz CT molecular complexity index is 991. The zero-order chi connectivity index (χ0) is 14.4. The van der Waals surface area contributed by atoms with E-state index in [-0.39, 0.29) is 4.87 Å². The van der Waals surface area contributed by atoms with Gasteiger partial charge in [-0.2, -0.15) is 0 Å². The summed E-state index contributed by atoms with van der Waals surface area (Å²) in [5.41, 5.74) is 2.03. The van der Waals surface area contributed by atoms with Crippen molar-refractivity contribution < 1.29 is 0 Å². The van der Waals surface area contributed by atoms with Gasteiger partial charge in [-0.1, -0.05) is 19.1 Å². The smallest absolute Gasteiger partial charge is 0.320 e. The number of hydrogen-bond acceptors (Lipinski definition) is 5. The molecule has 0 aliphatic rings. The van der Waals surface area contributed by atoms with E-state index in [0.29, 0.717) is 17.3 Å². The summed E-state index contributed by atoms with van der Waals surface area (Å²) in [6.45, 7) is 2.60. The molecule has 1 aromatic carbocycles. The maximum Gasteiger partial charge on any atom is 0.322 e. The molecule has 0 radical (unpaired) electrons. The van der Waals surface area contributed by atoms with E-state index in [1.165, 1.54) is 0 Å². The molecule has 0 amide bonds. The predicted molar refractivity (Wildman–Crippen MR) is 79.7 cm³/mol. The number of nitrogens with zero attached hydrogens (tertiary/aromatic N) is 5. The third-order valence-electron chi connectivity index (χ3n) is 3.44. The number of para-hydroxylation sites is 2. The summed E-state index contributed by atoms with van der Waals surface area (Å²) in [5.74, 6) is 1.69. The summed E-state index contributed by atoms with van der Waals surface area (Å²) in [5, 5.41) is 10.9. The minimum atomic E-state index is -0.132. The molecule has 0 bridgehead atoms. The highest BCUT2D eigenvalue weighted by Crippen LogP contribution is 2.18. The normalized spacial score (nSPS) is 11.7. The van der Waals surface area contributed by atoms with Crippen molar-refractivity contribution >= 4 is 27.3 Å². The third-order valence-corrected chi connectivity index (χ3v) is 4.16. The lowest BCUT2D eigenvalue weighted by atomic mass is 10.3. The highest BCUT2D eigenvalue weighted by molar-refractivity contribution is 7.14. The van der Waals surface area contributed by atoms with Gasteiger partial charge in [0.1, 0.15) is 5.82 Å². The summed E-state index contributed by atoms with van der Waals surface area (Å²) in [6, 6.07) is 8.00. The summed E-state index contributed by atoms with van der Waals surface area (Å²) in [7, 11) is 0. The molecule has 4 rings (SSSR count). The molecule has 3 aromatic heterocycles. The number of aromatic amines is 1. The van der Waals surface area contributed by atoms with Gasteiger partial charge in [0.05, 0.1) is 17.6 Å². The number of aromatic nitrogens is 6. The van der Waals surface area contributed by atoms with Gasteiger partial charge in [0, 0.05) is 6.42 Å². The van der Waals surface area contributed by atoms with Gasteiger partial charge < -0.3 is 4.57 Å². The number of rotatable bonds is 3. The van der Waals surface area contributed by atoms with E-state index < -0.39 is 0 Å². The number of benzene rings is 1. The molecule has 0 saturated carbocycles. The van der Waals surface area contributed by atoms with E-state index in [0.717, 1.165) is 34.6 Å². The lowest BCUT2D eigenvalue weighted by molar-refractivity contribution is 0.688. The van der Waals surface area contributed by atoms with Gasteiger partial charge in [-0.05, 0) is 23.5 Å². The summed E-state index contributed by atoms with van der Waals surface area (Å²) in [4.78, 5) is 16.5. The van der Waals surface area contributed by atoms with E-state index in [9.17, 15) is 4.79 Å². The van der Waals surface area contributed by atoms with Gasteiger partial charge >= 0.3 is 4.87 Å². The Morgan fingerprint density at radius 1 is 1.24 bits per heavy atom. The van der Waals surface area contributed by atoms with Gasteiger partial charge in [0.25, 0.3) is 0 Å². The molecule has 7 nitrogen and oxygen atoms in total. The van der Waals surface area contributed by atoms with Crippen molar-refractivity contribution in [2.75, 3.05) is 0 Å². The third kappa shape index (κ3) is 1.87. The van der Waals surface area contributed by atoms with Crippen LogP contribution in [0.3, 0.4) is 0 Å². The number of nitrogens with one attached hydrogen (secondary N) is 1. The van der Waals surface area contributed by atoms with Crippen LogP contribution >= 0.6 is 11.3 Å². The van der Waals surface area contributed by atoms with Crippen LogP contribution in [0.5, 0.6) is 0 Å². The van der Waals surface area contributed by atoms with E-state index in [4.69, 9.17) is 0 Å². The summed E-state index contributed by atoms with van der Waals surface area (Å²) in [6.07, 6.45) is 0.830. The average Bonchev–Trinajstić information content (AvgIpc) is 3.13. The Morgan fingerprint density at radius 3 is 2.95 bits per heavy atom. The lowest BCUT2D eigenvalue weighted by Crippen LogP contribution is -2.09. The number of hydrogen-bond donors (Lipinski definition) is 1. The Balaban J connectivity index is 1.88. The molecular weight excluding hydrogens is 288 g/mol. The van der Waals surface area contributed by atoms with Crippen molar-refractivity contribution in [3.8, 4) is 0 Å². The molecule has 8 heteroatoms. The van der Waals surface area contributed by atoms with Crippen LogP contribution < -0.4 is 4.87 Å². The van der Waals surface area contributed by atoms with Crippen LogP contribution in [0.1, 0.15) is 18.6 Å². The first-order chi connectivity index (χ1) is 10.3. The molecule has 0 atom stereocenters. The zero-order valence-corrected chi connectivity index (χ0v) is 12.1. The Morgan fingerprint density at radius 2 is 2.10 bits per heavy atom. The molecule has 0 aliphatic carbocycles. The maximum absolute atomic E-state index is 11.4. The number of imidazole rings is 1. The second-order valence-corrected chi connectivity index (χ2v) is 5.63. The van der Waals surface area contributed by atoms with E-state index >= 15 is 0 Å². The van der Waals surface area contributed by atoms with Crippen LogP contribution in [-0.2, 0) is 13.0 Å². The van der Waals surface area contributed by atoms with Gasteiger partial charge in [0.2, 0.25) is 4.96 Å². The van der Waals surface area contributed by atoms with Crippen LogP contribution in [0.4, 0.5) is 0 Å². The monoisotopic (exact) mass is 300 g/mol. The highest BCUT2D eigenvalue weighted by atomic mass is 32.1. The van der Waals surface area contributed by atoms with Crippen LogP contribution in [0, 0.1) is 0 Å². The predicted octanol–water partition coefficient (Wildman–Crippen LogP) is 1.44. The Hall–Kier alpha value is -2.48. The largest absolute Gasteiger partial charge is 0.322 e. The van der Waals surface area contributed by atoms with Gasteiger partial charge in [-0.15, -0.1) is 10.2 Å². The van der Waals surface area contributed by atoms with Gasteiger partial charge in [-0.25, -0.2) is 14.6 Å². The van der Waals surface area contributed by atoms with Crippen LogP contribution in [0.25, 0.3) is 16.0 Å². The second-order valence-electron chi connectivity index (χ2n) is 4.69. The summed E-state index contributed by atoms with van der Waals surface area (Å²) >= 11 is 1.05. The molecule has 0 fully saturated rings. The fourth-order valence-corrected chi connectivity index (χ4v) is 3.12. The van der Waals surface area contributed by atoms with Crippen LogP contribution in [-0.4, -0.2) is 29.4 Å². The molecule has 0 unspecified atom stereocenters. The van der Waals surface area contributed by atoms with Crippen molar-refractivity contribution in [2.45, 2.75) is 19.9 Å². The molecule has 0 spiro atoms. The average molecular weight is 300 g/mol. The molecule has 21 heavy (non-hydrogen) atoms. The Labute approximate surface area is 122 Å². The maximum atomic E-state index is 11.4. The second kappa shape index (κ2) is 4.52. The van der Waals surface area contributed by atoms with Crippen molar-refractivity contribution in [3.63, 3.8) is 0 Å². The van der Waals surface area contributed by atoms with E-state index in [1.54, 1.807) is 4.52 Å². The highest BCUT2D eigenvalue weighted by Gasteiger charge is 2.14. The van der Waals surface area contributed by atoms with Crippen LogP contribution in [0.2, 0.25) is 0 Å². The van der Waals surface area contributed by atoms with Gasteiger partial charge in [-0.3, -0.25) is 4.79 Å². The van der Waals surface area contributed by atoms with Crippen molar-refractivity contribution in [1.82, 2.24) is 29.4 Å². The number of fused-ring (bicyclic) bond motifs is 2. The molecule has 0 aliphatic heterocycles. The van der Waals surface area contributed by atoms with E-state index in [2.05, 4.69) is 31.8 Å². The lowest BCUT2D eigenvalue weighted by Gasteiger charge is -2.05. The minimum absolute atomic E-state index is 0.132. The number of aryl methyl sites for hydroxylation is 1. The molecular formula is C13H12N6OS. The minimum Gasteiger partial charge on any atom is -0.320 e. The molecule has 106 valence electrons. The Kier molecular flexibility index (Phi) is 2.64. The van der Waals surface area contributed by atoms with Crippen molar-refractivity contribution in [2.24, 2.45) is 0 Å². The first-order valence-electron chi connectivity index (χ1n) is 6.63. The molecule has 1 N–H and O–H groups in total. The first kappa shape index (κ1) is 12.3. The fourth-order valence-electron chi connectivity index (χ4n) is 2.49. The zero-order valence-electron chi connectivity index (χ0n) is 11.3. The van der Waals surface area contributed by atoms with E-state index in [1.807, 2.05) is 24.3 Å². The van der Waals surface area contributed by atoms with Crippen molar-refractivity contribution in [1.29, 1.82) is 0 Å². The van der Waals surface area contributed by atoms with Crippen molar-refractivity contribution in [3.05, 3.63) is 45.6 Å². The SMILES string of the molecule is CCc1nc2ccccc2n1Cc1nnc2sc(=O)[nH]n12. The number of H-pyrrole nitrogens is 1. The fraction of sp³-hybridized carbons (Fsp3) is 0.231. The van der Waals surface area contributed by atoms with Crippen LogP contribution in [0.15, 0.2) is 29.1 Å². The van der Waals surface area contributed by atoms with Gasteiger partial charge in [0.15, 0.2) is 5.82 Å². The topological polar surface area (TPSA) is 80.9 Å². The molecule has 3 heterocycles. The molecule has 0 saturated heterocycles. The molecule has 4 aromatic rings. The summed E-state index contributed by atoms with van der Waals surface area (Å²) < 4.78 is 3.75. The standard InChI is InChI=1S/C13H12N6OS/c1-2-10-14-8-5-3-4-6-9(8)18(10)7-11-15-16-12-19(11)17-13(20)21-12/h3-6H,2,7H2,1H3,(H,17,20). The quantitative estimate of drug-likeness (QED) is 0.621. The first-order valence-corrected chi connectivity index (χ1v) is 7.45.